The number of hydrogen-bond donors (Lipinski definition) is 0. The molecule has 0 aromatic carbocycles. The molecule has 0 fully saturated rings. The molecule has 0 aliphatic carbocycles. The van der Waals surface area contributed by atoms with E-state index in [1.807, 2.05) is 25.5 Å². The Morgan fingerprint density at radius 2 is 1.84 bits per heavy atom. The molecule has 0 bridgehead atoms. The third-order valence-electron chi connectivity index (χ3n) is 3.18. The summed E-state index contributed by atoms with van der Waals surface area (Å²) in [6.07, 6.45) is 2.31. The zero-order valence-electron chi connectivity index (χ0n) is 11.9. The lowest BCUT2D eigenvalue weighted by Gasteiger charge is -2.07. The highest BCUT2D eigenvalue weighted by Crippen LogP contribution is 2.18. The first kappa shape index (κ1) is 16.5. The average molecular weight is 307 g/mol. The van der Waals surface area contributed by atoms with E-state index in [1.165, 1.54) is 0 Å². The second-order valence-corrected chi connectivity index (χ2v) is 7.16. The lowest BCUT2D eigenvalue weighted by atomic mass is 10.1. The van der Waals surface area contributed by atoms with Gasteiger partial charge in [0.05, 0.1) is 23.9 Å². The van der Waals surface area contributed by atoms with Crippen molar-refractivity contribution in [3.8, 4) is 0 Å². The molecule has 0 radical (unpaired) electrons. The highest BCUT2D eigenvalue weighted by molar-refractivity contribution is 7.91. The minimum atomic E-state index is -2.97. The van der Waals surface area contributed by atoms with Crippen molar-refractivity contribution >= 4 is 21.4 Å². The largest absolute Gasteiger partial charge is 0.268 e. The topological polar surface area (TPSA) is 52.0 Å². The molecule has 1 heterocycles. The molecular formula is C13H23ClN2O2S. The summed E-state index contributed by atoms with van der Waals surface area (Å²) in [6.45, 7) is 6.39. The van der Waals surface area contributed by atoms with Gasteiger partial charge in [-0.05, 0) is 19.3 Å². The second kappa shape index (κ2) is 7.29. The number of aryl methyl sites for hydroxylation is 2. The summed E-state index contributed by atoms with van der Waals surface area (Å²) in [5, 5.41) is 4.50. The van der Waals surface area contributed by atoms with Crippen LogP contribution in [0.4, 0.5) is 0 Å². The molecule has 0 saturated carbocycles. The van der Waals surface area contributed by atoms with Gasteiger partial charge in [-0.1, -0.05) is 20.8 Å². The molecule has 0 saturated heterocycles. The van der Waals surface area contributed by atoms with E-state index in [9.17, 15) is 8.42 Å². The fourth-order valence-electron chi connectivity index (χ4n) is 2.25. The Balaban J connectivity index is 2.92. The zero-order chi connectivity index (χ0) is 14.5. The van der Waals surface area contributed by atoms with Crippen LogP contribution in [0.5, 0.6) is 0 Å². The molecule has 1 aromatic rings. The first-order chi connectivity index (χ1) is 8.99. The summed E-state index contributed by atoms with van der Waals surface area (Å²) in [6, 6.07) is 0. The highest BCUT2D eigenvalue weighted by atomic mass is 35.5. The van der Waals surface area contributed by atoms with Gasteiger partial charge in [-0.2, -0.15) is 5.10 Å². The molecule has 4 nitrogen and oxygen atoms in total. The van der Waals surface area contributed by atoms with E-state index in [2.05, 4.69) is 5.10 Å². The summed E-state index contributed by atoms with van der Waals surface area (Å²) < 4.78 is 25.4. The van der Waals surface area contributed by atoms with Crippen LogP contribution in [-0.2, 0) is 35.1 Å². The standard InChI is InChI=1S/C13H23ClN2O2S/c1-4-8-19(17,18)9-7-16-13(6-3)11(10-14)12(5-2)15-16/h4-10H2,1-3H3. The smallest absolute Gasteiger partial charge is 0.152 e. The molecule has 0 atom stereocenters. The van der Waals surface area contributed by atoms with E-state index in [0.29, 0.717) is 18.8 Å². The maximum absolute atomic E-state index is 11.8. The van der Waals surface area contributed by atoms with Gasteiger partial charge in [0.25, 0.3) is 0 Å². The number of rotatable bonds is 8. The minimum Gasteiger partial charge on any atom is -0.268 e. The second-order valence-electron chi connectivity index (χ2n) is 4.59. The summed E-state index contributed by atoms with van der Waals surface area (Å²) in [4.78, 5) is 0. The van der Waals surface area contributed by atoms with Crippen LogP contribution in [0.15, 0.2) is 0 Å². The summed E-state index contributed by atoms with van der Waals surface area (Å²) in [7, 11) is -2.97. The van der Waals surface area contributed by atoms with E-state index in [-0.39, 0.29) is 11.5 Å². The van der Waals surface area contributed by atoms with Crippen molar-refractivity contribution in [1.82, 2.24) is 9.78 Å². The van der Waals surface area contributed by atoms with Gasteiger partial charge in [-0.15, -0.1) is 11.6 Å². The molecule has 0 N–H and O–H groups in total. The maximum atomic E-state index is 11.8. The van der Waals surface area contributed by atoms with Gasteiger partial charge in [0.1, 0.15) is 0 Å². The zero-order valence-corrected chi connectivity index (χ0v) is 13.5. The number of halogens is 1. The Morgan fingerprint density at radius 3 is 2.32 bits per heavy atom. The Bertz CT molecular complexity index is 509. The van der Waals surface area contributed by atoms with Gasteiger partial charge in [-0.25, -0.2) is 8.42 Å². The number of aromatic nitrogens is 2. The van der Waals surface area contributed by atoms with Crippen LogP contribution in [-0.4, -0.2) is 29.7 Å². The van der Waals surface area contributed by atoms with Gasteiger partial charge in [0.15, 0.2) is 9.84 Å². The molecule has 6 heteroatoms. The normalized spacial score (nSPS) is 12.0. The van der Waals surface area contributed by atoms with Crippen molar-refractivity contribution in [3.63, 3.8) is 0 Å². The molecule has 0 unspecified atom stereocenters. The third kappa shape index (κ3) is 4.21. The van der Waals surface area contributed by atoms with Gasteiger partial charge < -0.3 is 0 Å². The van der Waals surface area contributed by atoms with E-state index in [1.54, 1.807) is 0 Å². The first-order valence-electron chi connectivity index (χ1n) is 6.82. The van der Waals surface area contributed by atoms with Crippen molar-refractivity contribution in [2.24, 2.45) is 0 Å². The van der Waals surface area contributed by atoms with Crippen molar-refractivity contribution in [2.75, 3.05) is 11.5 Å². The van der Waals surface area contributed by atoms with E-state index in [0.717, 1.165) is 29.8 Å². The Kier molecular flexibility index (Phi) is 6.33. The van der Waals surface area contributed by atoms with E-state index in [4.69, 9.17) is 11.6 Å². The van der Waals surface area contributed by atoms with Crippen LogP contribution in [0.25, 0.3) is 0 Å². The van der Waals surface area contributed by atoms with Gasteiger partial charge in [0.2, 0.25) is 0 Å². The number of nitrogens with zero attached hydrogens (tertiary/aromatic N) is 2. The van der Waals surface area contributed by atoms with Crippen molar-refractivity contribution in [2.45, 2.75) is 52.5 Å². The molecular weight excluding hydrogens is 284 g/mol. The molecule has 110 valence electrons. The Labute approximate surface area is 121 Å². The third-order valence-corrected chi connectivity index (χ3v) is 5.28. The van der Waals surface area contributed by atoms with Gasteiger partial charge in [0, 0.05) is 17.0 Å². The lowest BCUT2D eigenvalue weighted by Crippen LogP contribution is -2.18. The molecule has 19 heavy (non-hydrogen) atoms. The molecule has 0 amide bonds. The predicted molar refractivity (Wildman–Crippen MR) is 79.5 cm³/mol. The van der Waals surface area contributed by atoms with Crippen molar-refractivity contribution in [3.05, 3.63) is 17.0 Å². The van der Waals surface area contributed by atoms with Crippen LogP contribution >= 0.6 is 11.6 Å². The van der Waals surface area contributed by atoms with Crippen LogP contribution < -0.4 is 0 Å². The Morgan fingerprint density at radius 1 is 1.16 bits per heavy atom. The number of hydrogen-bond acceptors (Lipinski definition) is 3. The van der Waals surface area contributed by atoms with Crippen LogP contribution in [0.2, 0.25) is 0 Å². The minimum absolute atomic E-state index is 0.153. The molecule has 0 aliphatic rings. The van der Waals surface area contributed by atoms with Crippen LogP contribution in [0.3, 0.4) is 0 Å². The highest BCUT2D eigenvalue weighted by Gasteiger charge is 2.16. The van der Waals surface area contributed by atoms with Crippen LogP contribution in [0, 0.1) is 0 Å². The van der Waals surface area contributed by atoms with Crippen molar-refractivity contribution in [1.29, 1.82) is 0 Å². The maximum Gasteiger partial charge on any atom is 0.152 e. The lowest BCUT2D eigenvalue weighted by molar-refractivity contribution is 0.571. The fraction of sp³-hybridized carbons (Fsp3) is 0.769. The summed E-state index contributed by atoms with van der Waals surface area (Å²) in [5.41, 5.74) is 3.12. The quantitative estimate of drug-likeness (QED) is 0.694. The average Bonchev–Trinajstić information content (AvgIpc) is 2.73. The molecule has 1 aromatic heterocycles. The van der Waals surface area contributed by atoms with Crippen molar-refractivity contribution < 1.29 is 8.42 Å². The monoisotopic (exact) mass is 306 g/mol. The van der Waals surface area contributed by atoms with E-state index >= 15 is 0 Å². The summed E-state index contributed by atoms with van der Waals surface area (Å²) >= 11 is 5.98. The molecule has 0 aliphatic heterocycles. The summed E-state index contributed by atoms with van der Waals surface area (Å²) in [5.74, 6) is 0.840. The molecule has 1 rings (SSSR count). The fourth-order valence-corrected chi connectivity index (χ4v) is 3.83. The van der Waals surface area contributed by atoms with Crippen LogP contribution in [0.1, 0.15) is 44.1 Å². The SMILES string of the molecule is CCCS(=O)(=O)CCn1nc(CC)c(CCl)c1CC. The molecule has 0 spiro atoms. The van der Waals surface area contributed by atoms with Gasteiger partial charge >= 0.3 is 0 Å². The Hall–Kier alpha value is -0.550. The van der Waals surface area contributed by atoms with Gasteiger partial charge in [-0.3, -0.25) is 4.68 Å². The van der Waals surface area contributed by atoms with E-state index < -0.39 is 9.84 Å². The number of alkyl halides is 1. The predicted octanol–water partition coefficient (Wildman–Crippen LogP) is 2.57. The number of sulfone groups is 1. The first-order valence-corrected chi connectivity index (χ1v) is 9.18.